The number of likely N-dealkylation sites (tertiary alicyclic amines) is 1. The van der Waals surface area contributed by atoms with Gasteiger partial charge in [0.25, 0.3) is 0 Å². The fourth-order valence-electron chi connectivity index (χ4n) is 3.29. The lowest BCUT2D eigenvalue weighted by Gasteiger charge is -2.38. The van der Waals surface area contributed by atoms with Gasteiger partial charge in [0.15, 0.2) is 0 Å². The number of anilines is 1. The van der Waals surface area contributed by atoms with Crippen molar-refractivity contribution in [2.45, 2.75) is 13.1 Å². The number of carbonyl (C=O) groups excluding carboxylic acids is 1. The number of rotatable bonds is 6. The molecule has 1 aromatic heterocycles. The van der Waals surface area contributed by atoms with E-state index in [-0.39, 0.29) is 11.8 Å². The maximum absolute atomic E-state index is 12.5. The quantitative estimate of drug-likeness (QED) is 0.710. The van der Waals surface area contributed by atoms with Crippen LogP contribution in [0.1, 0.15) is 11.1 Å². The number of aromatic nitrogens is 2. The molecule has 138 valence electrons. The third-order valence-corrected chi connectivity index (χ3v) is 5.00. The molecule has 2 aromatic carbocycles. The number of hydrogen-bond acceptors (Lipinski definition) is 3. The van der Waals surface area contributed by atoms with Gasteiger partial charge in [0.2, 0.25) is 5.91 Å². The molecule has 1 N–H and O–H groups in total. The summed E-state index contributed by atoms with van der Waals surface area (Å²) in [5.74, 6) is 0.116. The van der Waals surface area contributed by atoms with Gasteiger partial charge < -0.3 is 5.32 Å². The molecule has 0 atom stereocenters. The van der Waals surface area contributed by atoms with E-state index in [2.05, 4.69) is 15.3 Å². The lowest BCUT2D eigenvalue weighted by molar-refractivity contribution is -0.125. The first-order valence-electron chi connectivity index (χ1n) is 9.00. The van der Waals surface area contributed by atoms with E-state index in [1.54, 1.807) is 6.20 Å². The Bertz CT molecular complexity index is 902. The van der Waals surface area contributed by atoms with Crippen molar-refractivity contribution in [2.24, 2.45) is 5.92 Å². The molecule has 1 fully saturated rings. The summed E-state index contributed by atoms with van der Waals surface area (Å²) in [6.07, 6.45) is 3.69. The van der Waals surface area contributed by atoms with Crippen molar-refractivity contribution in [3.05, 3.63) is 83.1 Å². The molecule has 6 heteroatoms. The highest BCUT2D eigenvalue weighted by Crippen LogP contribution is 2.22. The Hall–Kier alpha value is -2.63. The summed E-state index contributed by atoms with van der Waals surface area (Å²) >= 11 is 5.92. The van der Waals surface area contributed by atoms with Crippen LogP contribution in [0.2, 0.25) is 5.02 Å². The predicted octanol–water partition coefficient (Wildman–Crippen LogP) is 3.66. The summed E-state index contributed by atoms with van der Waals surface area (Å²) in [4.78, 5) is 14.8. The van der Waals surface area contributed by atoms with Crippen LogP contribution in [-0.2, 0) is 17.9 Å². The highest BCUT2D eigenvalue weighted by atomic mass is 35.5. The van der Waals surface area contributed by atoms with Crippen LogP contribution in [-0.4, -0.2) is 33.7 Å². The van der Waals surface area contributed by atoms with Gasteiger partial charge in [-0.25, -0.2) is 0 Å². The van der Waals surface area contributed by atoms with Gasteiger partial charge in [-0.3, -0.25) is 14.4 Å². The van der Waals surface area contributed by atoms with Gasteiger partial charge in [-0.15, -0.1) is 0 Å². The molecule has 5 nitrogen and oxygen atoms in total. The van der Waals surface area contributed by atoms with Crippen molar-refractivity contribution in [1.82, 2.24) is 14.7 Å². The zero-order valence-electron chi connectivity index (χ0n) is 14.9. The third-order valence-electron chi connectivity index (χ3n) is 4.75. The van der Waals surface area contributed by atoms with E-state index in [9.17, 15) is 4.79 Å². The second kappa shape index (κ2) is 7.94. The summed E-state index contributed by atoms with van der Waals surface area (Å²) in [6, 6.07) is 17.7. The molecule has 1 saturated heterocycles. The van der Waals surface area contributed by atoms with Crippen LogP contribution in [0.3, 0.4) is 0 Å². The number of carbonyl (C=O) groups is 1. The topological polar surface area (TPSA) is 50.2 Å². The highest BCUT2D eigenvalue weighted by Gasteiger charge is 2.32. The van der Waals surface area contributed by atoms with Gasteiger partial charge in [0, 0.05) is 42.7 Å². The molecule has 0 bridgehead atoms. The number of benzene rings is 2. The van der Waals surface area contributed by atoms with E-state index >= 15 is 0 Å². The molecule has 3 aromatic rings. The predicted molar refractivity (Wildman–Crippen MR) is 107 cm³/mol. The zero-order valence-corrected chi connectivity index (χ0v) is 15.6. The average Bonchev–Trinajstić information content (AvgIpc) is 3.12. The molecule has 1 aliphatic rings. The number of nitrogens with zero attached hydrogens (tertiary/aromatic N) is 3. The van der Waals surface area contributed by atoms with Crippen LogP contribution < -0.4 is 5.32 Å². The lowest BCUT2D eigenvalue weighted by atomic mass is 9.98. The maximum Gasteiger partial charge on any atom is 0.230 e. The van der Waals surface area contributed by atoms with E-state index < -0.39 is 0 Å². The summed E-state index contributed by atoms with van der Waals surface area (Å²) < 4.78 is 1.86. The standard InChI is InChI=1S/C21H21ClN4O/c22-19-7-5-16(6-8-19)12-25-14-18(15-25)21(27)24-20-4-1-3-17(11-20)13-26-10-2-9-23-26/h1-11,18H,12-15H2,(H,24,27). The molecule has 4 rings (SSSR count). The molecule has 0 radical (unpaired) electrons. The smallest absolute Gasteiger partial charge is 0.230 e. The third kappa shape index (κ3) is 4.56. The summed E-state index contributed by atoms with van der Waals surface area (Å²) in [5, 5.41) is 8.00. The first kappa shape index (κ1) is 17.8. The fraction of sp³-hybridized carbons (Fsp3) is 0.238. The largest absolute Gasteiger partial charge is 0.326 e. The van der Waals surface area contributed by atoms with Crippen LogP contribution in [0.25, 0.3) is 0 Å². The molecule has 2 heterocycles. The van der Waals surface area contributed by atoms with Crippen molar-refractivity contribution in [3.63, 3.8) is 0 Å². The van der Waals surface area contributed by atoms with Gasteiger partial charge in [-0.05, 0) is 41.5 Å². The minimum atomic E-state index is 0.0343. The average molecular weight is 381 g/mol. The molecule has 0 unspecified atom stereocenters. The Morgan fingerprint density at radius 2 is 1.89 bits per heavy atom. The van der Waals surface area contributed by atoms with E-state index in [4.69, 9.17) is 11.6 Å². The summed E-state index contributed by atoms with van der Waals surface area (Å²) in [6.45, 7) is 3.10. The molecule has 1 aliphatic heterocycles. The molecule has 0 spiro atoms. The van der Waals surface area contributed by atoms with E-state index in [0.717, 1.165) is 35.9 Å². The van der Waals surface area contributed by atoms with Gasteiger partial charge >= 0.3 is 0 Å². The van der Waals surface area contributed by atoms with Gasteiger partial charge in [-0.2, -0.15) is 5.10 Å². The second-order valence-electron chi connectivity index (χ2n) is 6.91. The summed E-state index contributed by atoms with van der Waals surface area (Å²) in [5.41, 5.74) is 3.15. The first-order valence-corrected chi connectivity index (χ1v) is 9.37. The lowest BCUT2D eigenvalue weighted by Crippen LogP contribution is -2.51. The molecular weight excluding hydrogens is 360 g/mol. The minimum Gasteiger partial charge on any atom is -0.326 e. The Balaban J connectivity index is 1.28. The summed E-state index contributed by atoms with van der Waals surface area (Å²) in [7, 11) is 0. The minimum absolute atomic E-state index is 0.0343. The molecule has 27 heavy (non-hydrogen) atoms. The Morgan fingerprint density at radius 3 is 2.63 bits per heavy atom. The first-order chi connectivity index (χ1) is 13.2. The molecule has 0 saturated carbocycles. The number of hydrogen-bond donors (Lipinski definition) is 1. The highest BCUT2D eigenvalue weighted by molar-refractivity contribution is 6.30. The Kier molecular flexibility index (Phi) is 5.23. The van der Waals surface area contributed by atoms with Gasteiger partial charge in [0.1, 0.15) is 0 Å². The molecular formula is C21H21ClN4O. The SMILES string of the molecule is O=C(Nc1cccc(Cn2cccn2)c1)C1CN(Cc2ccc(Cl)cc2)C1. The van der Waals surface area contributed by atoms with Crippen LogP contribution in [0.4, 0.5) is 5.69 Å². The monoisotopic (exact) mass is 380 g/mol. The second-order valence-corrected chi connectivity index (χ2v) is 7.35. The van der Waals surface area contributed by atoms with Crippen molar-refractivity contribution in [1.29, 1.82) is 0 Å². The van der Waals surface area contributed by atoms with Crippen molar-refractivity contribution in [3.8, 4) is 0 Å². The number of nitrogens with one attached hydrogen (secondary N) is 1. The van der Waals surface area contributed by atoms with Gasteiger partial charge in [0.05, 0.1) is 12.5 Å². The van der Waals surface area contributed by atoms with Crippen LogP contribution in [0.5, 0.6) is 0 Å². The Morgan fingerprint density at radius 1 is 1.07 bits per heavy atom. The number of halogens is 1. The Labute approximate surface area is 163 Å². The zero-order chi connectivity index (χ0) is 18.6. The normalized spacial score (nSPS) is 14.7. The van der Waals surface area contributed by atoms with Gasteiger partial charge in [-0.1, -0.05) is 35.9 Å². The van der Waals surface area contributed by atoms with Crippen LogP contribution in [0.15, 0.2) is 67.0 Å². The van der Waals surface area contributed by atoms with E-state index in [1.807, 2.05) is 65.5 Å². The van der Waals surface area contributed by atoms with Crippen molar-refractivity contribution in [2.75, 3.05) is 18.4 Å². The van der Waals surface area contributed by atoms with E-state index in [0.29, 0.717) is 6.54 Å². The fourth-order valence-corrected chi connectivity index (χ4v) is 3.41. The van der Waals surface area contributed by atoms with E-state index in [1.165, 1.54) is 5.56 Å². The molecule has 1 amide bonds. The van der Waals surface area contributed by atoms with Crippen LogP contribution in [0, 0.1) is 5.92 Å². The number of amides is 1. The van der Waals surface area contributed by atoms with Crippen molar-refractivity contribution < 1.29 is 4.79 Å². The maximum atomic E-state index is 12.5. The van der Waals surface area contributed by atoms with Crippen molar-refractivity contribution >= 4 is 23.2 Å². The van der Waals surface area contributed by atoms with Crippen LogP contribution >= 0.6 is 11.6 Å². The molecule has 0 aliphatic carbocycles.